The third-order valence-electron chi connectivity index (χ3n) is 6.26. The van der Waals surface area contributed by atoms with Gasteiger partial charge in [0.25, 0.3) is 0 Å². The van der Waals surface area contributed by atoms with Crippen molar-refractivity contribution >= 4 is 11.8 Å². The minimum absolute atomic E-state index is 0.0495. The fourth-order valence-electron chi connectivity index (χ4n) is 4.25. The van der Waals surface area contributed by atoms with Crippen LogP contribution in [-0.2, 0) is 16.1 Å². The summed E-state index contributed by atoms with van der Waals surface area (Å²) in [5.74, 6) is 0.478. The minimum Gasteiger partial charge on any atom is -0.342 e. The maximum absolute atomic E-state index is 13.0. The van der Waals surface area contributed by atoms with Crippen LogP contribution in [0.15, 0.2) is 24.5 Å². The molecule has 5 heteroatoms. The number of hydrogen-bond acceptors (Lipinski definition) is 3. The molecule has 26 heavy (non-hydrogen) atoms. The van der Waals surface area contributed by atoms with Gasteiger partial charge in [-0.3, -0.25) is 14.6 Å². The van der Waals surface area contributed by atoms with Gasteiger partial charge in [-0.25, -0.2) is 0 Å². The molecule has 3 rings (SSSR count). The average molecular weight is 357 g/mol. The van der Waals surface area contributed by atoms with Gasteiger partial charge in [-0.05, 0) is 37.3 Å². The zero-order valence-corrected chi connectivity index (χ0v) is 16.3. The van der Waals surface area contributed by atoms with Gasteiger partial charge in [-0.15, -0.1) is 0 Å². The van der Waals surface area contributed by atoms with E-state index in [-0.39, 0.29) is 22.6 Å². The molecule has 0 saturated carbocycles. The first-order chi connectivity index (χ1) is 12.4. The highest BCUT2D eigenvalue weighted by Crippen LogP contribution is 2.40. The van der Waals surface area contributed by atoms with E-state index in [1.807, 2.05) is 37.1 Å². The first-order valence-electron chi connectivity index (χ1n) is 9.81. The fourth-order valence-corrected chi connectivity index (χ4v) is 4.25. The van der Waals surface area contributed by atoms with Crippen LogP contribution in [0.2, 0.25) is 0 Å². The molecule has 3 heterocycles. The Morgan fingerprint density at radius 1 is 1.31 bits per heavy atom. The van der Waals surface area contributed by atoms with Crippen LogP contribution >= 0.6 is 0 Å². The van der Waals surface area contributed by atoms with E-state index < -0.39 is 0 Å². The smallest absolute Gasteiger partial charge is 0.228 e. The van der Waals surface area contributed by atoms with E-state index >= 15 is 0 Å². The molecule has 0 radical (unpaired) electrons. The van der Waals surface area contributed by atoms with Crippen molar-refractivity contribution in [2.75, 3.05) is 19.6 Å². The standard InChI is InChI=1S/C21H31N3O2/c1-4-20(2,3)19(26)23-12-6-9-21(15-23)10-8-18(25)24(16-21)14-17-7-5-11-22-13-17/h5,7,11,13H,4,6,8-10,12,14-16H2,1-3H3/t21-/m1/s1. The number of carbonyl (C=O) groups is 2. The van der Waals surface area contributed by atoms with Crippen molar-refractivity contribution in [1.29, 1.82) is 0 Å². The van der Waals surface area contributed by atoms with E-state index in [4.69, 9.17) is 0 Å². The minimum atomic E-state index is -0.307. The Labute approximate surface area is 156 Å². The average Bonchev–Trinajstić information content (AvgIpc) is 2.65. The molecule has 5 nitrogen and oxygen atoms in total. The van der Waals surface area contributed by atoms with Gasteiger partial charge in [0.1, 0.15) is 0 Å². The molecule has 1 spiro atoms. The number of amides is 2. The Morgan fingerprint density at radius 2 is 2.12 bits per heavy atom. The highest BCUT2D eigenvalue weighted by Gasteiger charge is 2.44. The van der Waals surface area contributed by atoms with Gasteiger partial charge in [-0.2, -0.15) is 0 Å². The van der Waals surface area contributed by atoms with E-state index in [1.54, 1.807) is 6.20 Å². The molecule has 0 aromatic carbocycles. The molecule has 2 aliphatic heterocycles. The van der Waals surface area contributed by atoms with E-state index in [0.717, 1.165) is 50.9 Å². The quantitative estimate of drug-likeness (QED) is 0.831. The van der Waals surface area contributed by atoms with Crippen molar-refractivity contribution in [3.63, 3.8) is 0 Å². The number of hydrogen-bond donors (Lipinski definition) is 0. The molecule has 142 valence electrons. The number of carbonyl (C=O) groups excluding carboxylic acids is 2. The summed E-state index contributed by atoms with van der Waals surface area (Å²) in [6.45, 7) is 9.14. The van der Waals surface area contributed by atoms with Gasteiger partial charge >= 0.3 is 0 Å². The first-order valence-corrected chi connectivity index (χ1v) is 9.81. The Morgan fingerprint density at radius 3 is 2.81 bits per heavy atom. The van der Waals surface area contributed by atoms with Crippen molar-refractivity contribution in [2.45, 2.75) is 59.4 Å². The first kappa shape index (κ1) is 18.9. The van der Waals surface area contributed by atoms with Gasteiger partial charge < -0.3 is 9.80 Å². The number of aromatic nitrogens is 1. The van der Waals surface area contributed by atoms with Crippen molar-refractivity contribution in [3.8, 4) is 0 Å². The van der Waals surface area contributed by atoms with Gasteiger partial charge in [0.2, 0.25) is 11.8 Å². The molecule has 1 atom stereocenters. The van der Waals surface area contributed by atoms with Crippen LogP contribution in [0.1, 0.15) is 58.4 Å². The van der Waals surface area contributed by atoms with Crippen LogP contribution in [0.3, 0.4) is 0 Å². The maximum Gasteiger partial charge on any atom is 0.228 e. The summed E-state index contributed by atoms with van der Waals surface area (Å²) < 4.78 is 0. The summed E-state index contributed by atoms with van der Waals surface area (Å²) in [6, 6.07) is 3.93. The molecule has 2 saturated heterocycles. The predicted molar refractivity (Wildman–Crippen MR) is 101 cm³/mol. The SMILES string of the molecule is CCC(C)(C)C(=O)N1CCC[C@@]2(CCC(=O)N(Cc3cccnc3)C2)C1. The Balaban J connectivity index is 1.72. The second-order valence-corrected chi connectivity index (χ2v) is 8.68. The topological polar surface area (TPSA) is 53.5 Å². The van der Waals surface area contributed by atoms with Crippen LogP contribution < -0.4 is 0 Å². The lowest BCUT2D eigenvalue weighted by Crippen LogP contribution is -2.56. The van der Waals surface area contributed by atoms with E-state index in [0.29, 0.717) is 13.0 Å². The van der Waals surface area contributed by atoms with E-state index in [1.165, 1.54) is 0 Å². The van der Waals surface area contributed by atoms with Crippen LogP contribution in [0.5, 0.6) is 0 Å². The van der Waals surface area contributed by atoms with Gasteiger partial charge in [-0.1, -0.05) is 26.8 Å². The van der Waals surface area contributed by atoms with Crippen LogP contribution in [-0.4, -0.2) is 46.2 Å². The Hall–Kier alpha value is -1.91. The molecule has 0 aliphatic carbocycles. The number of nitrogens with zero attached hydrogens (tertiary/aromatic N) is 3. The Bertz CT molecular complexity index is 658. The summed E-state index contributed by atoms with van der Waals surface area (Å²) in [6.07, 6.45) is 8.03. The molecule has 0 unspecified atom stereocenters. The lowest BCUT2D eigenvalue weighted by molar-refractivity contribution is -0.148. The Kier molecular flexibility index (Phi) is 5.35. The lowest BCUT2D eigenvalue weighted by Gasteiger charge is -2.49. The molecule has 0 N–H and O–H groups in total. The van der Waals surface area contributed by atoms with Gasteiger partial charge in [0.15, 0.2) is 0 Å². The number of rotatable bonds is 4. The fraction of sp³-hybridized carbons (Fsp3) is 0.667. The van der Waals surface area contributed by atoms with Crippen molar-refractivity contribution in [3.05, 3.63) is 30.1 Å². The molecular weight excluding hydrogens is 326 g/mol. The number of pyridine rings is 1. The van der Waals surface area contributed by atoms with Gasteiger partial charge in [0, 0.05) is 55.8 Å². The molecule has 2 aliphatic rings. The molecular formula is C21H31N3O2. The maximum atomic E-state index is 13.0. The lowest BCUT2D eigenvalue weighted by atomic mass is 9.73. The van der Waals surface area contributed by atoms with E-state index in [2.05, 4.69) is 16.8 Å². The third kappa shape index (κ3) is 3.92. The second-order valence-electron chi connectivity index (χ2n) is 8.68. The van der Waals surface area contributed by atoms with Crippen molar-refractivity contribution < 1.29 is 9.59 Å². The molecule has 1 aromatic heterocycles. The van der Waals surface area contributed by atoms with Crippen LogP contribution in [0.4, 0.5) is 0 Å². The summed E-state index contributed by atoms with van der Waals surface area (Å²) in [5, 5.41) is 0. The van der Waals surface area contributed by atoms with Gasteiger partial charge in [0.05, 0.1) is 0 Å². The number of piperidine rings is 2. The van der Waals surface area contributed by atoms with Crippen molar-refractivity contribution in [2.24, 2.45) is 10.8 Å². The highest BCUT2D eigenvalue weighted by molar-refractivity contribution is 5.82. The van der Waals surface area contributed by atoms with Crippen LogP contribution in [0, 0.1) is 10.8 Å². The summed E-state index contributed by atoms with van der Waals surface area (Å²) in [5.41, 5.74) is 0.806. The zero-order chi connectivity index (χ0) is 18.8. The molecule has 2 fully saturated rings. The largest absolute Gasteiger partial charge is 0.342 e. The highest BCUT2D eigenvalue weighted by atomic mass is 16.2. The second kappa shape index (κ2) is 7.37. The third-order valence-corrected chi connectivity index (χ3v) is 6.26. The summed E-state index contributed by atoms with van der Waals surface area (Å²) in [4.78, 5) is 33.6. The normalized spacial score (nSPS) is 24.2. The van der Waals surface area contributed by atoms with Crippen LogP contribution in [0.25, 0.3) is 0 Å². The monoisotopic (exact) mass is 357 g/mol. The predicted octanol–water partition coefficient (Wildman–Crippen LogP) is 3.25. The summed E-state index contributed by atoms with van der Waals surface area (Å²) in [7, 11) is 0. The van der Waals surface area contributed by atoms with Crippen molar-refractivity contribution in [1.82, 2.24) is 14.8 Å². The molecule has 1 aromatic rings. The molecule has 2 amide bonds. The van der Waals surface area contributed by atoms with E-state index in [9.17, 15) is 9.59 Å². The number of likely N-dealkylation sites (tertiary alicyclic amines) is 2. The molecule has 0 bridgehead atoms. The zero-order valence-electron chi connectivity index (χ0n) is 16.3. The summed E-state index contributed by atoms with van der Waals surface area (Å²) >= 11 is 0.